The molecule has 0 N–H and O–H groups in total. The van der Waals surface area contributed by atoms with Crippen molar-refractivity contribution in [2.75, 3.05) is 14.2 Å². The Kier molecular flexibility index (Phi) is 4.47. The monoisotopic (exact) mass is 344 g/mol. The van der Waals surface area contributed by atoms with E-state index in [2.05, 4.69) is 15.9 Å². The highest BCUT2D eigenvalue weighted by atomic mass is 79.9. The van der Waals surface area contributed by atoms with Crippen molar-refractivity contribution in [1.82, 2.24) is 0 Å². The lowest BCUT2D eigenvalue weighted by atomic mass is 10.1. The lowest BCUT2D eigenvalue weighted by Gasteiger charge is -2.14. The van der Waals surface area contributed by atoms with E-state index in [0.717, 1.165) is 4.88 Å². The molecule has 5 heteroatoms. The van der Waals surface area contributed by atoms with Crippen molar-refractivity contribution >= 4 is 27.3 Å². The van der Waals surface area contributed by atoms with Crippen LogP contribution in [-0.2, 0) is 0 Å². The van der Waals surface area contributed by atoms with Gasteiger partial charge in [-0.15, -0.1) is 11.3 Å². The summed E-state index contributed by atoms with van der Waals surface area (Å²) in [5.41, 5.74) is 0.541. The molecular formula is C14H14BrFO2S. The second kappa shape index (κ2) is 5.92. The lowest BCUT2D eigenvalue weighted by Crippen LogP contribution is -1.98. The zero-order valence-electron chi connectivity index (χ0n) is 10.9. The summed E-state index contributed by atoms with van der Waals surface area (Å²) in [6.07, 6.45) is 0. The summed E-state index contributed by atoms with van der Waals surface area (Å²) in [4.78, 5) is 2.06. The van der Waals surface area contributed by atoms with Crippen LogP contribution in [0.25, 0.3) is 0 Å². The van der Waals surface area contributed by atoms with Gasteiger partial charge in [0.15, 0.2) is 11.5 Å². The number of ether oxygens (including phenoxy) is 2. The average molecular weight is 345 g/mol. The van der Waals surface area contributed by atoms with Crippen molar-refractivity contribution < 1.29 is 13.9 Å². The molecule has 1 aromatic carbocycles. The van der Waals surface area contributed by atoms with Crippen molar-refractivity contribution in [1.29, 1.82) is 0 Å². The number of halogens is 2. The van der Waals surface area contributed by atoms with E-state index in [1.807, 2.05) is 19.1 Å². The van der Waals surface area contributed by atoms with Gasteiger partial charge in [0.1, 0.15) is 5.82 Å². The van der Waals surface area contributed by atoms with Crippen LogP contribution in [0.2, 0.25) is 0 Å². The van der Waals surface area contributed by atoms with Gasteiger partial charge in [-0.05, 0) is 25.1 Å². The standard InChI is InChI=1S/C14H14BrFO2S/c1-8-4-5-13(19-8)14(15)9-6-11(17-2)12(18-3)7-10(9)16/h4-7,14H,1-3H3. The van der Waals surface area contributed by atoms with Gasteiger partial charge in [-0.1, -0.05) is 15.9 Å². The largest absolute Gasteiger partial charge is 0.493 e. The summed E-state index contributed by atoms with van der Waals surface area (Å²) in [6, 6.07) is 7.04. The molecule has 0 saturated carbocycles. The van der Waals surface area contributed by atoms with E-state index < -0.39 is 0 Å². The third-order valence-corrected chi connectivity index (χ3v) is 5.14. The molecule has 0 amide bonds. The molecule has 0 aliphatic carbocycles. The van der Waals surface area contributed by atoms with Crippen LogP contribution in [0, 0.1) is 12.7 Å². The predicted molar refractivity (Wildman–Crippen MR) is 79.3 cm³/mol. The van der Waals surface area contributed by atoms with Crippen LogP contribution in [0.3, 0.4) is 0 Å². The third-order valence-electron chi connectivity index (χ3n) is 2.79. The molecule has 1 heterocycles. The first-order valence-corrected chi connectivity index (χ1v) is 7.42. The normalized spacial score (nSPS) is 12.3. The first-order chi connectivity index (χ1) is 9.06. The quantitative estimate of drug-likeness (QED) is 0.748. The van der Waals surface area contributed by atoms with E-state index >= 15 is 0 Å². The highest BCUT2D eigenvalue weighted by Gasteiger charge is 2.19. The van der Waals surface area contributed by atoms with Crippen molar-refractivity contribution in [3.63, 3.8) is 0 Å². The summed E-state index contributed by atoms with van der Waals surface area (Å²) in [5, 5.41) is 0. The first kappa shape index (κ1) is 14.3. The number of alkyl halides is 1. The lowest BCUT2D eigenvalue weighted by molar-refractivity contribution is 0.351. The van der Waals surface area contributed by atoms with Crippen molar-refractivity contribution in [3.8, 4) is 11.5 Å². The van der Waals surface area contributed by atoms with Crippen molar-refractivity contribution in [3.05, 3.63) is 45.4 Å². The molecule has 0 bridgehead atoms. The van der Waals surface area contributed by atoms with Gasteiger partial charge in [0, 0.05) is 21.4 Å². The molecule has 1 aromatic heterocycles. The van der Waals surface area contributed by atoms with Gasteiger partial charge >= 0.3 is 0 Å². The van der Waals surface area contributed by atoms with E-state index in [4.69, 9.17) is 9.47 Å². The van der Waals surface area contributed by atoms with Crippen LogP contribution in [0.15, 0.2) is 24.3 Å². The summed E-state index contributed by atoms with van der Waals surface area (Å²) in [7, 11) is 3.03. The number of thiophene rings is 1. The minimum atomic E-state index is -0.314. The fraction of sp³-hybridized carbons (Fsp3) is 0.286. The molecule has 0 saturated heterocycles. The Bertz CT molecular complexity index is 583. The van der Waals surface area contributed by atoms with E-state index in [9.17, 15) is 4.39 Å². The molecule has 0 aliphatic rings. The van der Waals surface area contributed by atoms with Gasteiger partial charge in [0.05, 0.1) is 19.0 Å². The molecule has 2 aromatic rings. The summed E-state index contributed by atoms with van der Waals surface area (Å²) >= 11 is 5.18. The minimum Gasteiger partial charge on any atom is -0.493 e. The molecule has 19 heavy (non-hydrogen) atoms. The second-order valence-electron chi connectivity index (χ2n) is 4.04. The van der Waals surface area contributed by atoms with Crippen LogP contribution in [-0.4, -0.2) is 14.2 Å². The van der Waals surface area contributed by atoms with Crippen molar-refractivity contribution in [2.24, 2.45) is 0 Å². The number of benzene rings is 1. The Labute approximate surface area is 124 Å². The van der Waals surface area contributed by atoms with Crippen LogP contribution < -0.4 is 9.47 Å². The number of methoxy groups -OCH3 is 2. The Balaban J connectivity index is 2.44. The maximum atomic E-state index is 14.1. The van der Waals surface area contributed by atoms with Gasteiger partial charge in [0.25, 0.3) is 0 Å². The topological polar surface area (TPSA) is 18.5 Å². The van der Waals surface area contributed by atoms with Crippen LogP contribution in [0.1, 0.15) is 20.1 Å². The van der Waals surface area contributed by atoms with Gasteiger partial charge < -0.3 is 9.47 Å². The highest BCUT2D eigenvalue weighted by Crippen LogP contribution is 2.40. The molecule has 0 radical (unpaired) electrons. The van der Waals surface area contributed by atoms with E-state index in [0.29, 0.717) is 17.1 Å². The number of hydrogen-bond acceptors (Lipinski definition) is 3. The van der Waals surface area contributed by atoms with Crippen LogP contribution in [0.5, 0.6) is 11.5 Å². The number of aryl methyl sites for hydroxylation is 1. The average Bonchev–Trinajstić information content (AvgIpc) is 2.84. The molecule has 0 fully saturated rings. The summed E-state index contributed by atoms with van der Waals surface area (Å²) in [5.74, 6) is 0.605. The maximum absolute atomic E-state index is 14.1. The zero-order valence-corrected chi connectivity index (χ0v) is 13.3. The second-order valence-corrected chi connectivity index (χ2v) is 6.27. The van der Waals surface area contributed by atoms with E-state index in [1.165, 1.54) is 25.2 Å². The van der Waals surface area contributed by atoms with Crippen molar-refractivity contribution in [2.45, 2.75) is 11.8 Å². The third kappa shape index (κ3) is 2.92. The van der Waals surface area contributed by atoms with E-state index in [1.54, 1.807) is 17.4 Å². The summed E-state index contributed by atoms with van der Waals surface area (Å²) < 4.78 is 24.4. The molecule has 0 spiro atoms. The number of rotatable bonds is 4. The minimum absolute atomic E-state index is 0.189. The predicted octanol–water partition coefficient (Wildman–Crippen LogP) is 4.70. The van der Waals surface area contributed by atoms with Gasteiger partial charge in [-0.3, -0.25) is 0 Å². The number of hydrogen-bond donors (Lipinski definition) is 0. The molecule has 0 aliphatic heterocycles. The Morgan fingerprint density at radius 3 is 2.32 bits per heavy atom. The molecular weight excluding hydrogens is 331 g/mol. The molecule has 102 valence electrons. The molecule has 1 unspecified atom stereocenters. The SMILES string of the molecule is COc1cc(F)c(C(Br)c2ccc(C)s2)cc1OC. The fourth-order valence-corrected chi connectivity index (χ4v) is 3.47. The molecule has 1 atom stereocenters. The highest BCUT2D eigenvalue weighted by molar-refractivity contribution is 9.09. The Hall–Kier alpha value is -1.07. The smallest absolute Gasteiger partial charge is 0.163 e. The van der Waals surface area contributed by atoms with Gasteiger partial charge in [-0.25, -0.2) is 4.39 Å². The Morgan fingerprint density at radius 1 is 1.16 bits per heavy atom. The fourth-order valence-electron chi connectivity index (χ4n) is 1.81. The summed E-state index contributed by atoms with van der Waals surface area (Å²) in [6.45, 7) is 2.03. The van der Waals surface area contributed by atoms with Crippen LogP contribution in [0.4, 0.5) is 4.39 Å². The van der Waals surface area contributed by atoms with Gasteiger partial charge in [0.2, 0.25) is 0 Å². The Morgan fingerprint density at radius 2 is 1.79 bits per heavy atom. The van der Waals surface area contributed by atoms with E-state index in [-0.39, 0.29) is 10.6 Å². The molecule has 2 rings (SSSR count). The van der Waals surface area contributed by atoms with Crippen LogP contribution >= 0.6 is 27.3 Å². The molecule has 2 nitrogen and oxygen atoms in total. The zero-order chi connectivity index (χ0) is 14.0. The van der Waals surface area contributed by atoms with Gasteiger partial charge in [-0.2, -0.15) is 0 Å². The maximum Gasteiger partial charge on any atom is 0.163 e. The first-order valence-electron chi connectivity index (χ1n) is 5.68.